The number of nitrogens with zero attached hydrogens (tertiary/aromatic N) is 1. The summed E-state index contributed by atoms with van der Waals surface area (Å²) in [4.78, 5) is 0. The van der Waals surface area contributed by atoms with Gasteiger partial charge in [-0.1, -0.05) is 0 Å². The number of rotatable bonds is 0. The van der Waals surface area contributed by atoms with Crippen molar-refractivity contribution < 1.29 is 4.65 Å². The summed E-state index contributed by atoms with van der Waals surface area (Å²) < 4.78 is 0.104. The van der Waals surface area contributed by atoms with Crippen LogP contribution in [0.5, 0.6) is 0 Å². The molecule has 2 heterocycles. The molecule has 2 saturated heterocycles. The highest BCUT2D eigenvalue weighted by molar-refractivity contribution is 4.75. The summed E-state index contributed by atoms with van der Waals surface area (Å²) in [6, 6.07) is 0.383. The van der Waals surface area contributed by atoms with Crippen molar-refractivity contribution in [3.8, 4) is 0 Å². The van der Waals surface area contributed by atoms with E-state index in [1.807, 2.05) is 0 Å². The van der Waals surface area contributed by atoms with Gasteiger partial charge in [-0.05, 0) is 0 Å². The SMILES string of the molecule is [O-][N+]12CCCC1CNCC2. The van der Waals surface area contributed by atoms with Crippen molar-refractivity contribution >= 4 is 0 Å². The van der Waals surface area contributed by atoms with Gasteiger partial charge in [0, 0.05) is 25.9 Å². The fraction of sp³-hybridized carbons (Fsp3) is 1.00. The van der Waals surface area contributed by atoms with Gasteiger partial charge in [-0.25, -0.2) is 0 Å². The molecule has 0 aromatic rings. The van der Waals surface area contributed by atoms with Gasteiger partial charge in [0.15, 0.2) is 0 Å². The summed E-state index contributed by atoms with van der Waals surface area (Å²) in [5.41, 5.74) is 0. The molecule has 58 valence electrons. The molecule has 10 heavy (non-hydrogen) atoms. The quantitative estimate of drug-likeness (QED) is 0.383. The largest absolute Gasteiger partial charge is 0.633 e. The molecule has 0 saturated carbocycles. The van der Waals surface area contributed by atoms with Gasteiger partial charge in [-0.15, -0.1) is 0 Å². The van der Waals surface area contributed by atoms with Gasteiger partial charge in [0.1, 0.15) is 6.04 Å². The lowest BCUT2D eigenvalue weighted by atomic mass is 10.2. The summed E-state index contributed by atoms with van der Waals surface area (Å²) in [6.07, 6.45) is 2.27. The number of hydroxylamine groups is 3. The molecule has 0 aromatic heterocycles. The molecule has 2 aliphatic rings. The molecule has 0 amide bonds. The number of hydrogen-bond acceptors (Lipinski definition) is 2. The van der Waals surface area contributed by atoms with Crippen molar-refractivity contribution in [1.82, 2.24) is 5.32 Å². The van der Waals surface area contributed by atoms with E-state index in [-0.39, 0.29) is 4.65 Å². The predicted octanol–water partition coefficient (Wildman–Crippen LogP) is 0.0666. The molecule has 3 heteroatoms. The van der Waals surface area contributed by atoms with Crippen molar-refractivity contribution in [1.29, 1.82) is 0 Å². The zero-order chi connectivity index (χ0) is 7.03. The molecular formula is C7H14N2O. The van der Waals surface area contributed by atoms with Crippen LogP contribution in [0, 0.1) is 5.21 Å². The van der Waals surface area contributed by atoms with E-state index in [9.17, 15) is 5.21 Å². The number of piperazine rings is 1. The summed E-state index contributed by atoms with van der Waals surface area (Å²) in [7, 11) is 0. The molecule has 3 nitrogen and oxygen atoms in total. The van der Waals surface area contributed by atoms with Crippen LogP contribution in [0.2, 0.25) is 0 Å². The second-order valence-electron chi connectivity index (χ2n) is 3.40. The van der Waals surface area contributed by atoms with E-state index in [0.717, 1.165) is 39.0 Å². The Morgan fingerprint density at radius 2 is 2.30 bits per heavy atom. The van der Waals surface area contributed by atoms with Gasteiger partial charge < -0.3 is 15.2 Å². The summed E-state index contributed by atoms with van der Waals surface area (Å²) in [5, 5.41) is 15.0. The third-order valence-corrected chi connectivity index (χ3v) is 2.79. The highest BCUT2D eigenvalue weighted by Gasteiger charge is 2.36. The maximum absolute atomic E-state index is 11.8. The first-order valence-corrected chi connectivity index (χ1v) is 4.10. The first-order chi connectivity index (χ1) is 4.81. The van der Waals surface area contributed by atoms with E-state index < -0.39 is 0 Å². The molecule has 2 aliphatic heterocycles. The summed E-state index contributed by atoms with van der Waals surface area (Å²) >= 11 is 0. The van der Waals surface area contributed by atoms with Crippen molar-refractivity contribution in [3.05, 3.63) is 5.21 Å². The highest BCUT2D eigenvalue weighted by Crippen LogP contribution is 2.26. The number of quaternary nitrogens is 1. The molecule has 0 bridgehead atoms. The Morgan fingerprint density at radius 3 is 3.10 bits per heavy atom. The van der Waals surface area contributed by atoms with Gasteiger partial charge in [-0.2, -0.15) is 0 Å². The smallest absolute Gasteiger partial charge is 0.102 e. The monoisotopic (exact) mass is 142 g/mol. The fourth-order valence-corrected chi connectivity index (χ4v) is 2.11. The van der Waals surface area contributed by atoms with Gasteiger partial charge in [0.2, 0.25) is 0 Å². The highest BCUT2D eigenvalue weighted by atomic mass is 16.5. The van der Waals surface area contributed by atoms with E-state index in [2.05, 4.69) is 5.32 Å². The molecule has 2 fully saturated rings. The molecule has 2 rings (SSSR count). The molecule has 0 aromatic carbocycles. The fourth-order valence-electron chi connectivity index (χ4n) is 2.11. The summed E-state index contributed by atoms with van der Waals surface area (Å²) in [5.74, 6) is 0. The minimum Gasteiger partial charge on any atom is -0.633 e. The van der Waals surface area contributed by atoms with Crippen LogP contribution in [0.25, 0.3) is 0 Å². The van der Waals surface area contributed by atoms with Crippen LogP contribution in [-0.2, 0) is 0 Å². The van der Waals surface area contributed by atoms with Crippen LogP contribution >= 0.6 is 0 Å². The third-order valence-electron chi connectivity index (χ3n) is 2.79. The Hall–Kier alpha value is -0.120. The maximum Gasteiger partial charge on any atom is 0.102 e. The Labute approximate surface area is 61.2 Å². The average molecular weight is 142 g/mol. The Kier molecular flexibility index (Phi) is 1.44. The topological polar surface area (TPSA) is 35.1 Å². The number of fused-ring (bicyclic) bond motifs is 1. The second kappa shape index (κ2) is 2.19. The van der Waals surface area contributed by atoms with E-state index in [1.54, 1.807) is 0 Å². The Bertz CT molecular complexity index is 140. The van der Waals surface area contributed by atoms with Crippen LogP contribution < -0.4 is 5.32 Å². The lowest BCUT2D eigenvalue weighted by Gasteiger charge is -2.47. The van der Waals surface area contributed by atoms with Crippen molar-refractivity contribution in [2.24, 2.45) is 0 Å². The molecule has 2 atom stereocenters. The van der Waals surface area contributed by atoms with E-state index in [0.29, 0.717) is 6.04 Å². The molecule has 0 radical (unpaired) electrons. The zero-order valence-electron chi connectivity index (χ0n) is 6.18. The van der Waals surface area contributed by atoms with Crippen LogP contribution in [0.3, 0.4) is 0 Å². The van der Waals surface area contributed by atoms with Gasteiger partial charge in [0.05, 0.1) is 13.1 Å². The minimum absolute atomic E-state index is 0.104. The molecule has 1 N–H and O–H groups in total. The van der Waals surface area contributed by atoms with Gasteiger partial charge >= 0.3 is 0 Å². The van der Waals surface area contributed by atoms with Crippen LogP contribution in [0.4, 0.5) is 0 Å². The molecule has 0 spiro atoms. The Morgan fingerprint density at radius 1 is 1.40 bits per heavy atom. The van der Waals surface area contributed by atoms with E-state index in [4.69, 9.17) is 0 Å². The number of hydrogen-bond donors (Lipinski definition) is 1. The van der Waals surface area contributed by atoms with Crippen molar-refractivity contribution in [2.75, 3.05) is 26.2 Å². The van der Waals surface area contributed by atoms with E-state index >= 15 is 0 Å². The second-order valence-corrected chi connectivity index (χ2v) is 3.40. The number of nitrogens with one attached hydrogen (secondary N) is 1. The normalized spacial score (nSPS) is 47.1. The van der Waals surface area contributed by atoms with Gasteiger partial charge in [0.25, 0.3) is 0 Å². The average Bonchev–Trinajstić information content (AvgIpc) is 2.29. The lowest BCUT2D eigenvalue weighted by Crippen LogP contribution is -2.58. The Balaban J connectivity index is 2.10. The first kappa shape index (κ1) is 6.58. The van der Waals surface area contributed by atoms with Crippen molar-refractivity contribution in [3.63, 3.8) is 0 Å². The van der Waals surface area contributed by atoms with Gasteiger partial charge in [-0.3, -0.25) is 0 Å². The first-order valence-electron chi connectivity index (χ1n) is 4.10. The zero-order valence-corrected chi connectivity index (χ0v) is 6.18. The molecule has 0 aliphatic carbocycles. The van der Waals surface area contributed by atoms with Crippen LogP contribution in [-0.4, -0.2) is 36.9 Å². The van der Waals surface area contributed by atoms with Crippen molar-refractivity contribution in [2.45, 2.75) is 18.9 Å². The minimum atomic E-state index is 0.104. The third kappa shape index (κ3) is 0.856. The van der Waals surface area contributed by atoms with Crippen LogP contribution in [0.1, 0.15) is 12.8 Å². The maximum atomic E-state index is 11.8. The van der Waals surface area contributed by atoms with Crippen LogP contribution in [0.15, 0.2) is 0 Å². The standard InChI is InChI=1S/C7H14N2O/c10-9-4-1-2-7(9)6-8-3-5-9/h7-8H,1-6H2. The van der Waals surface area contributed by atoms with E-state index in [1.165, 1.54) is 0 Å². The summed E-state index contributed by atoms with van der Waals surface area (Å²) in [6.45, 7) is 3.53. The lowest BCUT2D eigenvalue weighted by molar-refractivity contribution is -0.894. The molecule has 2 unspecified atom stereocenters. The predicted molar refractivity (Wildman–Crippen MR) is 39.3 cm³/mol. The molecular weight excluding hydrogens is 128 g/mol.